The van der Waals surface area contributed by atoms with E-state index in [9.17, 15) is 9.59 Å². The van der Waals surface area contributed by atoms with Crippen molar-refractivity contribution in [3.8, 4) is 0 Å². The van der Waals surface area contributed by atoms with Gasteiger partial charge in [-0.05, 0) is 37.0 Å². The van der Waals surface area contributed by atoms with Crippen molar-refractivity contribution in [1.29, 1.82) is 0 Å². The molecule has 0 spiro atoms. The van der Waals surface area contributed by atoms with Gasteiger partial charge in [0, 0.05) is 6.42 Å². The Morgan fingerprint density at radius 2 is 1.67 bits per heavy atom. The molecule has 21 heavy (non-hydrogen) atoms. The summed E-state index contributed by atoms with van der Waals surface area (Å²) in [6.45, 7) is 7.93. The summed E-state index contributed by atoms with van der Waals surface area (Å²) in [6, 6.07) is 7.68. The molecule has 0 amide bonds. The van der Waals surface area contributed by atoms with Crippen LogP contribution in [0.2, 0.25) is 0 Å². The number of allylic oxidation sites excluding steroid dienone is 1. The molecule has 0 unspecified atom stereocenters. The first-order valence-electron chi connectivity index (χ1n) is 7.15. The van der Waals surface area contributed by atoms with Gasteiger partial charge in [0.25, 0.3) is 0 Å². The Labute approximate surface area is 124 Å². The second kappa shape index (κ2) is 6.12. The Bertz CT molecular complexity index is 556. The molecule has 4 heteroatoms. The molecule has 0 fully saturated rings. The van der Waals surface area contributed by atoms with Crippen molar-refractivity contribution in [3.05, 3.63) is 42.0 Å². The first kappa shape index (κ1) is 15.3. The summed E-state index contributed by atoms with van der Waals surface area (Å²) >= 11 is 0. The van der Waals surface area contributed by atoms with Crippen molar-refractivity contribution in [2.24, 2.45) is 5.41 Å². The summed E-state index contributed by atoms with van der Waals surface area (Å²) in [5, 5.41) is 0. The number of esters is 2. The van der Waals surface area contributed by atoms with Gasteiger partial charge >= 0.3 is 11.9 Å². The third kappa shape index (κ3) is 2.71. The molecule has 0 atom stereocenters. The number of fused-ring (bicyclic) bond motifs is 1. The second-order valence-corrected chi connectivity index (χ2v) is 5.14. The van der Waals surface area contributed by atoms with E-state index in [0.29, 0.717) is 6.42 Å². The van der Waals surface area contributed by atoms with Crippen molar-refractivity contribution >= 4 is 17.5 Å². The number of hydrogen-bond donors (Lipinski definition) is 0. The van der Waals surface area contributed by atoms with Crippen LogP contribution in [0.4, 0.5) is 0 Å². The van der Waals surface area contributed by atoms with Gasteiger partial charge in [-0.1, -0.05) is 30.8 Å². The molecule has 112 valence electrons. The number of carbonyl (C=O) groups is 2. The molecule has 4 nitrogen and oxygen atoms in total. The van der Waals surface area contributed by atoms with Gasteiger partial charge in [0.05, 0.1) is 13.2 Å². The monoisotopic (exact) mass is 288 g/mol. The van der Waals surface area contributed by atoms with E-state index < -0.39 is 17.4 Å². The molecule has 1 aromatic rings. The quantitative estimate of drug-likeness (QED) is 0.631. The summed E-state index contributed by atoms with van der Waals surface area (Å²) in [5.41, 5.74) is 1.38. The van der Waals surface area contributed by atoms with Crippen LogP contribution in [0.3, 0.4) is 0 Å². The number of hydrogen-bond acceptors (Lipinski definition) is 4. The van der Waals surface area contributed by atoms with Crippen molar-refractivity contribution in [2.45, 2.75) is 26.7 Å². The van der Waals surface area contributed by atoms with Crippen LogP contribution < -0.4 is 0 Å². The molecule has 0 saturated heterocycles. The summed E-state index contributed by atoms with van der Waals surface area (Å²) in [5.74, 6) is -1.06. The highest BCUT2D eigenvalue weighted by molar-refractivity contribution is 6.03. The second-order valence-electron chi connectivity index (χ2n) is 5.14. The molecule has 0 aromatic heterocycles. The third-order valence-electron chi connectivity index (χ3n) is 3.74. The highest BCUT2D eigenvalue weighted by Gasteiger charge is 2.51. The van der Waals surface area contributed by atoms with Crippen LogP contribution in [0.5, 0.6) is 0 Å². The molecule has 0 radical (unpaired) electrons. The fourth-order valence-corrected chi connectivity index (χ4v) is 2.78. The smallest absolute Gasteiger partial charge is 0.324 e. The normalized spacial score (nSPS) is 16.0. The lowest BCUT2D eigenvalue weighted by atomic mass is 9.69. The highest BCUT2D eigenvalue weighted by atomic mass is 16.6. The lowest BCUT2D eigenvalue weighted by Crippen LogP contribution is -2.45. The molecule has 0 N–H and O–H groups in total. The van der Waals surface area contributed by atoms with Gasteiger partial charge in [-0.3, -0.25) is 9.59 Å². The maximum atomic E-state index is 12.4. The van der Waals surface area contributed by atoms with E-state index in [1.165, 1.54) is 0 Å². The Morgan fingerprint density at radius 1 is 1.10 bits per heavy atom. The van der Waals surface area contributed by atoms with Crippen molar-refractivity contribution in [1.82, 2.24) is 0 Å². The number of carbonyl (C=O) groups excluding carboxylic acids is 2. The van der Waals surface area contributed by atoms with Crippen LogP contribution in [0.15, 0.2) is 30.8 Å². The Hall–Kier alpha value is -2.10. The van der Waals surface area contributed by atoms with E-state index in [4.69, 9.17) is 9.47 Å². The zero-order valence-corrected chi connectivity index (χ0v) is 12.5. The van der Waals surface area contributed by atoms with Crippen LogP contribution in [0, 0.1) is 5.41 Å². The highest BCUT2D eigenvalue weighted by Crippen LogP contribution is 2.43. The molecule has 2 rings (SSSR count). The van der Waals surface area contributed by atoms with Gasteiger partial charge in [-0.2, -0.15) is 0 Å². The number of benzene rings is 1. The summed E-state index contributed by atoms with van der Waals surface area (Å²) in [4.78, 5) is 24.9. The van der Waals surface area contributed by atoms with Crippen LogP contribution in [-0.2, 0) is 25.5 Å². The number of rotatable bonds is 4. The van der Waals surface area contributed by atoms with Crippen molar-refractivity contribution < 1.29 is 19.1 Å². The molecule has 0 aliphatic heterocycles. The van der Waals surface area contributed by atoms with E-state index in [0.717, 1.165) is 16.7 Å². The zero-order chi connectivity index (χ0) is 15.5. The fraction of sp³-hybridized carbons (Fsp3) is 0.412. The van der Waals surface area contributed by atoms with Gasteiger partial charge in [0.1, 0.15) is 0 Å². The fourth-order valence-electron chi connectivity index (χ4n) is 2.78. The van der Waals surface area contributed by atoms with Crippen LogP contribution in [0.1, 0.15) is 31.4 Å². The summed E-state index contributed by atoms with van der Waals surface area (Å²) in [6.07, 6.45) is 0.529. The lowest BCUT2D eigenvalue weighted by molar-refractivity contribution is -0.172. The van der Waals surface area contributed by atoms with Crippen molar-refractivity contribution in [3.63, 3.8) is 0 Å². The topological polar surface area (TPSA) is 52.6 Å². The maximum Gasteiger partial charge on any atom is 0.324 e. The van der Waals surface area contributed by atoms with E-state index in [-0.39, 0.29) is 19.6 Å². The minimum absolute atomic E-state index is 0.230. The molecule has 0 heterocycles. The average Bonchev–Trinajstić information content (AvgIpc) is 2.47. The summed E-state index contributed by atoms with van der Waals surface area (Å²) < 4.78 is 10.3. The predicted octanol–water partition coefficient (Wildman–Crippen LogP) is 2.76. The minimum Gasteiger partial charge on any atom is -0.465 e. The Morgan fingerprint density at radius 3 is 2.24 bits per heavy atom. The predicted molar refractivity (Wildman–Crippen MR) is 79.5 cm³/mol. The molecule has 1 aromatic carbocycles. The van der Waals surface area contributed by atoms with Gasteiger partial charge in [0.15, 0.2) is 5.41 Å². The average molecular weight is 288 g/mol. The van der Waals surface area contributed by atoms with Gasteiger partial charge in [0.2, 0.25) is 0 Å². The molecule has 1 aliphatic rings. The first-order chi connectivity index (χ1) is 10.0. The van der Waals surface area contributed by atoms with Gasteiger partial charge in [-0.15, -0.1) is 0 Å². The molecular formula is C17H20O4. The SMILES string of the molecule is C=C1CC(C(=O)OCC)(C(=O)OCC)Cc2ccccc21. The van der Waals surface area contributed by atoms with E-state index in [1.807, 2.05) is 24.3 Å². The molecule has 1 aliphatic carbocycles. The maximum absolute atomic E-state index is 12.4. The van der Waals surface area contributed by atoms with Crippen molar-refractivity contribution in [2.75, 3.05) is 13.2 Å². The van der Waals surface area contributed by atoms with E-state index in [1.54, 1.807) is 13.8 Å². The Balaban J connectivity index is 2.46. The van der Waals surface area contributed by atoms with Crippen LogP contribution in [-0.4, -0.2) is 25.2 Å². The van der Waals surface area contributed by atoms with Gasteiger partial charge < -0.3 is 9.47 Å². The van der Waals surface area contributed by atoms with Gasteiger partial charge in [-0.25, -0.2) is 0 Å². The minimum atomic E-state index is -1.31. The lowest BCUT2D eigenvalue weighted by Gasteiger charge is -2.34. The number of ether oxygens (including phenoxy) is 2. The van der Waals surface area contributed by atoms with E-state index in [2.05, 4.69) is 6.58 Å². The van der Waals surface area contributed by atoms with Crippen LogP contribution in [0.25, 0.3) is 5.57 Å². The van der Waals surface area contributed by atoms with Crippen LogP contribution >= 0.6 is 0 Å². The zero-order valence-electron chi connectivity index (χ0n) is 12.5. The molecular weight excluding hydrogens is 268 g/mol. The standard InChI is InChI=1S/C17H20O4/c1-4-20-15(18)17(16(19)21-5-2)10-12(3)14-9-7-6-8-13(14)11-17/h6-9H,3-5,10-11H2,1-2H3. The summed E-state index contributed by atoms with van der Waals surface area (Å²) in [7, 11) is 0. The first-order valence-corrected chi connectivity index (χ1v) is 7.15. The largest absolute Gasteiger partial charge is 0.465 e. The Kier molecular flexibility index (Phi) is 4.46. The van der Waals surface area contributed by atoms with E-state index >= 15 is 0 Å². The molecule has 0 saturated carbocycles. The molecule has 0 bridgehead atoms. The third-order valence-corrected chi connectivity index (χ3v) is 3.74.